The lowest BCUT2D eigenvalue weighted by molar-refractivity contribution is 0.414. The number of rotatable bonds is 4. The Balaban J connectivity index is 1.69. The van der Waals surface area contributed by atoms with Crippen LogP contribution in [-0.2, 0) is 16.4 Å². The molecule has 4 rings (SSSR count). The molecule has 2 heterocycles. The highest BCUT2D eigenvalue weighted by molar-refractivity contribution is 7.92. The van der Waals surface area contributed by atoms with Crippen molar-refractivity contribution in [2.45, 2.75) is 11.3 Å². The van der Waals surface area contributed by atoms with Crippen LogP contribution in [0.25, 0.3) is 11.1 Å². The summed E-state index contributed by atoms with van der Waals surface area (Å²) in [7, 11) is -2.03. The van der Waals surface area contributed by atoms with E-state index in [-0.39, 0.29) is 4.90 Å². The van der Waals surface area contributed by atoms with Crippen molar-refractivity contribution in [3.8, 4) is 16.9 Å². The second-order valence-electron chi connectivity index (χ2n) is 6.08. The van der Waals surface area contributed by atoms with Crippen molar-refractivity contribution in [3.63, 3.8) is 0 Å². The molecule has 1 aliphatic rings. The maximum atomic E-state index is 13.0. The van der Waals surface area contributed by atoms with Crippen LogP contribution in [0, 0.1) is 0 Å². The number of sulfonamides is 1. The van der Waals surface area contributed by atoms with E-state index in [2.05, 4.69) is 11.1 Å². The fourth-order valence-corrected chi connectivity index (χ4v) is 4.72. The van der Waals surface area contributed by atoms with Crippen molar-refractivity contribution in [1.82, 2.24) is 4.98 Å². The van der Waals surface area contributed by atoms with E-state index >= 15 is 0 Å². The van der Waals surface area contributed by atoms with Gasteiger partial charge in [-0.1, -0.05) is 6.07 Å². The Bertz CT molecular complexity index is 1030. The first-order chi connectivity index (χ1) is 12.6. The van der Waals surface area contributed by atoms with Gasteiger partial charge in [0.15, 0.2) is 0 Å². The third-order valence-corrected chi connectivity index (χ3v) is 6.42. The van der Waals surface area contributed by atoms with E-state index in [0.717, 1.165) is 22.4 Å². The standard InChI is InChI=1S/C20H18N2O3S/c1-25-18-3-5-19(6-4-18)26(23,24)22-13-10-17-14-16(2-7-20(17)22)15-8-11-21-12-9-15/h2-9,11-12,14H,10,13H2,1H3. The molecule has 0 N–H and O–H groups in total. The highest BCUT2D eigenvalue weighted by Crippen LogP contribution is 2.35. The Morgan fingerprint density at radius 3 is 2.38 bits per heavy atom. The van der Waals surface area contributed by atoms with E-state index in [1.165, 1.54) is 4.31 Å². The third kappa shape index (κ3) is 2.82. The Morgan fingerprint density at radius 2 is 1.69 bits per heavy atom. The van der Waals surface area contributed by atoms with Crippen LogP contribution in [0.15, 0.2) is 71.9 Å². The molecule has 132 valence electrons. The van der Waals surface area contributed by atoms with E-state index in [4.69, 9.17) is 4.74 Å². The van der Waals surface area contributed by atoms with Crippen LogP contribution < -0.4 is 9.04 Å². The number of benzene rings is 2. The summed E-state index contributed by atoms with van der Waals surface area (Å²) in [5.74, 6) is 0.632. The summed E-state index contributed by atoms with van der Waals surface area (Å²) in [6, 6.07) is 16.3. The average molecular weight is 366 g/mol. The summed E-state index contributed by atoms with van der Waals surface area (Å²) >= 11 is 0. The first-order valence-electron chi connectivity index (χ1n) is 8.30. The molecule has 6 heteroatoms. The van der Waals surface area contributed by atoms with Crippen molar-refractivity contribution >= 4 is 15.7 Å². The number of hydrogen-bond acceptors (Lipinski definition) is 4. The minimum Gasteiger partial charge on any atom is -0.497 e. The van der Waals surface area contributed by atoms with Gasteiger partial charge in [-0.05, 0) is 71.6 Å². The number of pyridine rings is 1. The predicted molar refractivity (Wildman–Crippen MR) is 101 cm³/mol. The van der Waals surface area contributed by atoms with Crippen LogP contribution in [0.2, 0.25) is 0 Å². The van der Waals surface area contributed by atoms with Gasteiger partial charge in [0.05, 0.1) is 17.7 Å². The summed E-state index contributed by atoms with van der Waals surface area (Å²) in [5.41, 5.74) is 3.92. The lowest BCUT2D eigenvalue weighted by Gasteiger charge is -2.20. The van der Waals surface area contributed by atoms with Gasteiger partial charge in [-0.25, -0.2) is 8.42 Å². The van der Waals surface area contributed by atoms with Gasteiger partial charge < -0.3 is 4.74 Å². The van der Waals surface area contributed by atoms with Gasteiger partial charge in [-0.3, -0.25) is 9.29 Å². The molecule has 0 saturated carbocycles. The average Bonchev–Trinajstić information content (AvgIpc) is 3.13. The number of ether oxygens (including phenoxy) is 1. The van der Waals surface area contributed by atoms with Crippen molar-refractivity contribution in [2.24, 2.45) is 0 Å². The molecule has 0 amide bonds. The van der Waals surface area contributed by atoms with Crippen LogP contribution in [0.5, 0.6) is 5.75 Å². The van der Waals surface area contributed by atoms with Crippen molar-refractivity contribution in [2.75, 3.05) is 18.0 Å². The summed E-state index contributed by atoms with van der Waals surface area (Å²) in [6.45, 7) is 0.448. The maximum Gasteiger partial charge on any atom is 0.264 e. The Kier molecular flexibility index (Phi) is 4.12. The fourth-order valence-electron chi connectivity index (χ4n) is 3.22. The van der Waals surface area contributed by atoms with Gasteiger partial charge in [0, 0.05) is 18.9 Å². The van der Waals surface area contributed by atoms with E-state index in [0.29, 0.717) is 18.7 Å². The Hall–Kier alpha value is -2.86. The molecule has 1 aromatic heterocycles. The minimum atomic E-state index is -3.59. The second kappa shape index (κ2) is 6.46. The molecule has 0 atom stereocenters. The minimum absolute atomic E-state index is 0.268. The van der Waals surface area contributed by atoms with E-state index in [1.54, 1.807) is 43.8 Å². The number of fused-ring (bicyclic) bond motifs is 1. The van der Waals surface area contributed by atoms with Crippen LogP contribution in [0.3, 0.4) is 0 Å². The first kappa shape index (κ1) is 16.6. The molecule has 26 heavy (non-hydrogen) atoms. The van der Waals surface area contributed by atoms with Crippen molar-refractivity contribution in [1.29, 1.82) is 0 Å². The molecule has 0 saturated heterocycles. The quantitative estimate of drug-likeness (QED) is 0.709. The first-order valence-corrected chi connectivity index (χ1v) is 9.74. The molecule has 0 spiro atoms. The molecule has 0 unspecified atom stereocenters. The molecule has 5 nitrogen and oxygen atoms in total. The van der Waals surface area contributed by atoms with Gasteiger partial charge in [-0.2, -0.15) is 0 Å². The Labute approximate surface area is 152 Å². The molecule has 1 aliphatic heterocycles. The summed E-state index contributed by atoms with van der Waals surface area (Å²) in [5, 5.41) is 0. The monoisotopic (exact) mass is 366 g/mol. The third-order valence-electron chi connectivity index (χ3n) is 4.59. The predicted octanol–water partition coefficient (Wildman–Crippen LogP) is 3.51. The van der Waals surface area contributed by atoms with E-state index in [9.17, 15) is 8.42 Å². The van der Waals surface area contributed by atoms with Crippen molar-refractivity contribution in [3.05, 3.63) is 72.6 Å². The molecule has 0 bridgehead atoms. The highest BCUT2D eigenvalue weighted by atomic mass is 32.2. The largest absolute Gasteiger partial charge is 0.497 e. The number of aromatic nitrogens is 1. The summed E-state index contributed by atoms with van der Waals surface area (Å²) < 4.78 is 32.6. The summed E-state index contributed by atoms with van der Waals surface area (Å²) in [4.78, 5) is 4.31. The molecule has 3 aromatic rings. The highest BCUT2D eigenvalue weighted by Gasteiger charge is 2.31. The van der Waals surface area contributed by atoms with Crippen LogP contribution >= 0.6 is 0 Å². The number of nitrogens with zero attached hydrogens (tertiary/aromatic N) is 2. The van der Waals surface area contributed by atoms with Crippen LogP contribution in [-0.4, -0.2) is 27.1 Å². The van der Waals surface area contributed by atoms with E-state index < -0.39 is 10.0 Å². The lowest BCUT2D eigenvalue weighted by atomic mass is 10.0. The fraction of sp³-hybridized carbons (Fsp3) is 0.150. The second-order valence-corrected chi connectivity index (χ2v) is 7.94. The van der Waals surface area contributed by atoms with Crippen molar-refractivity contribution < 1.29 is 13.2 Å². The Morgan fingerprint density at radius 1 is 0.962 bits per heavy atom. The molecular weight excluding hydrogens is 348 g/mol. The molecular formula is C20H18N2O3S. The number of methoxy groups -OCH3 is 1. The normalized spacial score (nSPS) is 13.5. The smallest absolute Gasteiger partial charge is 0.264 e. The topological polar surface area (TPSA) is 59.5 Å². The number of anilines is 1. The lowest BCUT2D eigenvalue weighted by Crippen LogP contribution is -2.29. The van der Waals surface area contributed by atoms with Gasteiger partial charge >= 0.3 is 0 Å². The molecule has 0 fully saturated rings. The maximum absolute atomic E-state index is 13.0. The molecule has 0 radical (unpaired) electrons. The zero-order valence-electron chi connectivity index (χ0n) is 14.3. The number of hydrogen-bond donors (Lipinski definition) is 0. The van der Waals surface area contributed by atoms with Gasteiger partial charge in [0.1, 0.15) is 5.75 Å². The SMILES string of the molecule is COc1ccc(S(=O)(=O)N2CCc3cc(-c4ccncc4)ccc32)cc1. The molecule has 0 aliphatic carbocycles. The van der Waals surface area contributed by atoms with E-state index in [1.807, 2.05) is 24.3 Å². The summed E-state index contributed by atoms with van der Waals surface area (Å²) in [6.07, 6.45) is 4.20. The van der Waals surface area contributed by atoms with Crippen LogP contribution in [0.4, 0.5) is 5.69 Å². The van der Waals surface area contributed by atoms with Gasteiger partial charge in [0.2, 0.25) is 0 Å². The van der Waals surface area contributed by atoms with Gasteiger partial charge in [-0.15, -0.1) is 0 Å². The molecule has 2 aromatic carbocycles. The zero-order valence-corrected chi connectivity index (χ0v) is 15.1. The van der Waals surface area contributed by atoms with Crippen LogP contribution in [0.1, 0.15) is 5.56 Å². The van der Waals surface area contributed by atoms with Gasteiger partial charge in [0.25, 0.3) is 10.0 Å². The zero-order chi connectivity index (χ0) is 18.1.